The van der Waals surface area contributed by atoms with E-state index in [-0.39, 0.29) is 0 Å². The molecule has 4 heteroatoms. The second kappa shape index (κ2) is 6.07. The molecule has 1 fully saturated rings. The summed E-state index contributed by atoms with van der Waals surface area (Å²) in [7, 11) is 3.63. The number of hydrogen-bond donors (Lipinski definition) is 2. The number of phenols is 1. The molecule has 0 bridgehead atoms. The van der Waals surface area contributed by atoms with E-state index in [2.05, 4.69) is 10.2 Å². The van der Waals surface area contributed by atoms with E-state index in [1.165, 1.54) is 12.8 Å². The van der Waals surface area contributed by atoms with E-state index in [9.17, 15) is 5.11 Å². The van der Waals surface area contributed by atoms with Gasteiger partial charge < -0.3 is 15.2 Å². The molecule has 0 aliphatic carbocycles. The van der Waals surface area contributed by atoms with Gasteiger partial charge in [0.1, 0.15) is 11.5 Å². The number of nitrogens with one attached hydrogen (secondary N) is 1. The van der Waals surface area contributed by atoms with Crippen molar-refractivity contribution in [2.45, 2.75) is 25.4 Å². The largest absolute Gasteiger partial charge is 0.508 e. The third-order valence-electron chi connectivity index (χ3n) is 3.60. The van der Waals surface area contributed by atoms with Crippen molar-refractivity contribution in [1.29, 1.82) is 0 Å². The molecule has 1 aromatic rings. The minimum atomic E-state index is 0.353. The number of benzene rings is 1. The van der Waals surface area contributed by atoms with E-state index in [1.54, 1.807) is 19.2 Å². The lowest BCUT2D eigenvalue weighted by Crippen LogP contribution is -2.36. The smallest absolute Gasteiger partial charge is 0.120 e. The van der Waals surface area contributed by atoms with Gasteiger partial charge in [0.25, 0.3) is 0 Å². The first-order valence-corrected chi connectivity index (χ1v) is 6.49. The first kappa shape index (κ1) is 13.2. The first-order valence-electron chi connectivity index (χ1n) is 6.49. The van der Waals surface area contributed by atoms with Crippen LogP contribution in [0.15, 0.2) is 18.2 Å². The monoisotopic (exact) mass is 250 g/mol. The van der Waals surface area contributed by atoms with Crippen LogP contribution in [0.3, 0.4) is 0 Å². The van der Waals surface area contributed by atoms with Crippen molar-refractivity contribution in [2.75, 3.05) is 27.2 Å². The van der Waals surface area contributed by atoms with E-state index < -0.39 is 0 Å². The Kier molecular flexibility index (Phi) is 4.44. The molecule has 0 saturated carbocycles. The number of nitrogens with zero attached hydrogens (tertiary/aromatic N) is 1. The first-order chi connectivity index (χ1) is 8.74. The molecule has 0 radical (unpaired) electrons. The average Bonchev–Trinajstić information content (AvgIpc) is 2.80. The predicted molar refractivity (Wildman–Crippen MR) is 72.0 cm³/mol. The van der Waals surface area contributed by atoms with Gasteiger partial charge in [-0.15, -0.1) is 0 Å². The van der Waals surface area contributed by atoms with Crippen LogP contribution in [0.1, 0.15) is 18.4 Å². The summed E-state index contributed by atoms with van der Waals surface area (Å²) >= 11 is 0. The highest BCUT2D eigenvalue weighted by Gasteiger charge is 2.24. The number of methoxy groups -OCH3 is 1. The van der Waals surface area contributed by atoms with Crippen molar-refractivity contribution < 1.29 is 9.84 Å². The van der Waals surface area contributed by atoms with E-state index in [4.69, 9.17) is 4.74 Å². The van der Waals surface area contributed by atoms with E-state index in [0.717, 1.165) is 30.9 Å². The summed E-state index contributed by atoms with van der Waals surface area (Å²) in [5.74, 6) is 1.15. The van der Waals surface area contributed by atoms with E-state index in [1.807, 2.05) is 13.1 Å². The lowest BCUT2D eigenvalue weighted by Gasteiger charge is -2.24. The minimum absolute atomic E-state index is 0.353. The van der Waals surface area contributed by atoms with Gasteiger partial charge in [0.15, 0.2) is 0 Å². The van der Waals surface area contributed by atoms with Crippen LogP contribution >= 0.6 is 0 Å². The topological polar surface area (TPSA) is 44.7 Å². The Labute approximate surface area is 109 Å². The fraction of sp³-hybridized carbons (Fsp3) is 0.571. The Morgan fingerprint density at radius 1 is 1.50 bits per heavy atom. The Hall–Kier alpha value is -1.26. The second-order valence-electron chi connectivity index (χ2n) is 4.82. The van der Waals surface area contributed by atoms with Gasteiger partial charge in [-0.25, -0.2) is 0 Å². The maximum atomic E-state index is 9.91. The molecule has 2 rings (SSSR count). The third kappa shape index (κ3) is 2.94. The molecular formula is C14H22N2O2. The van der Waals surface area contributed by atoms with Gasteiger partial charge in [0.2, 0.25) is 0 Å². The van der Waals surface area contributed by atoms with Crippen molar-refractivity contribution >= 4 is 0 Å². The van der Waals surface area contributed by atoms with E-state index in [0.29, 0.717) is 11.8 Å². The molecule has 1 heterocycles. The summed E-state index contributed by atoms with van der Waals surface area (Å²) in [4.78, 5) is 2.42. The summed E-state index contributed by atoms with van der Waals surface area (Å²) in [5, 5.41) is 13.1. The summed E-state index contributed by atoms with van der Waals surface area (Å²) in [6, 6.07) is 5.98. The number of aromatic hydroxyl groups is 1. The molecule has 0 aromatic heterocycles. The zero-order valence-electron chi connectivity index (χ0n) is 11.1. The van der Waals surface area contributed by atoms with Gasteiger partial charge in [-0.2, -0.15) is 0 Å². The highest BCUT2D eigenvalue weighted by molar-refractivity contribution is 5.39. The van der Waals surface area contributed by atoms with Crippen LogP contribution in [0.5, 0.6) is 11.5 Å². The lowest BCUT2D eigenvalue weighted by atomic mass is 10.1. The number of hydrogen-bond acceptors (Lipinski definition) is 4. The second-order valence-corrected chi connectivity index (χ2v) is 4.82. The Morgan fingerprint density at radius 3 is 3.06 bits per heavy atom. The molecular weight excluding hydrogens is 228 g/mol. The van der Waals surface area contributed by atoms with Gasteiger partial charge in [-0.3, -0.25) is 4.90 Å². The Bertz CT molecular complexity index is 395. The third-order valence-corrected chi connectivity index (χ3v) is 3.60. The van der Waals surface area contributed by atoms with Crippen molar-refractivity contribution in [3.63, 3.8) is 0 Å². The summed E-state index contributed by atoms with van der Waals surface area (Å²) < 4.78 is 5.21. The molecule has 4 nitrogen and oxygen atoms in total. The number of rotatable bonds is 5. The molecule has 1 unspecified atom stereocenters. The van der Waals surface area contributed by atoms with Crippen LogP contribution < -0.4 is 10.1 Å². The summed E-state index contributed by atoms with van der Waals surface area (Å²) in [6.45, 7) is 2.89. The molecule has 0 spiro atoms. The predicted octanol–water partition coefficient (Wildman–Crippen LogP) is 1.58. The van der Waals surface area contributed by atoms with Crippen molar-refractivity contribution in [3.8, 4) is 11.5 Å². The summed E-state index contributed by atoms with van der Waals surface area (Å²) in [6.07, 6.45) is 2.46. The maximum absolute atomic E-state index is 9.91. The minimum Gasteiger partial charge on any atom is -0.508 e. The zero-order chi connectivity index (χ0) is 13.0. The van der Waals surface area contributed by atoms with Crippen molar-refractivity contribution in [2.24, 2.45) is 0 Å². The molecule has 1 aliphatic rings. The highest BCUT2D eigenvalue weighted by Crippen LogP contribution is 2.27. The number of phenolic OH excluding ortho intramolecular Hbond substituents is 1. The number of likely N-dealkylation sites (tertiary alicyclic amines) is 1. The van der Waals surface area contributed by atoms with Gasteiger partial charge >= 0.3 is 0 Å². The molecule has 1 saturated heterocycles. The van der Waals surface area contributed by atoms with Crippen molar-refractivity contribution in [3.05, 3.63) is 23.8 Å². The summed E-state index contributed by atoms with van der Waals surface area (Å²) in [5.41, 5.74) is 0.942. The van der Waals surface area contributed by atoms with Crippen LogP contribution in [0.2, 0.25) is 0 Å². The van der Waals surface area contributed by atoms with Gasteiger partial charge in [-0.05, 0) is 44.6 Å². The van der Waals surface area contributed by atoms with E-state index >= 15 is 0 Å². The quantitative estimate of drug-likeness (QED) is 0.833. The molecule has 1 aliphatic heterocycles. The van der Waals surface area contributed by atoms with Gasteiger partial charge in [-0.1, -0.05) is 0 Å². The number of likely N-dealkylation sites (N-methyl/N-ethyl adjacent to an activating group) is 1. The standard InChI is InChI=1S/C14H22N2O2/c1-15-9-12-4-3-7-16(12)10-11-8-13(18-2)5-6-14(11)17/h5-6,8,12,15,17H,3-4,7,9-10H2,1-2H3. The van der Waals surface area contributed by atoms with Crippen LogP contribution in [-0.4, -0.2) is 43.3 Å². The van der Waals surface area contributed by atoms with Crippen LogP contribution in [-0.2, 0) is 6.54 Å². The number of ether oxygens (including phenoxy) is 1. The zero-order valence-corrected chi connectivity index (χ0v) is 11.1. The average molecular weight is 250 g/mol. The van der Waals surface area contributed by atoms with Gasteiger partial charge in [0.05, 0.1) is 7.11 Å². The molecule has 18 heavy (non-hydrogen) atoms. The molecule has 0 amide bonds. The normalized spacial score (nSPS) is 20.2. The fourth-order valence-electron chi connectivity index (χ4n) is 2.60. The van der Waals surface area contributed by atoms with Crippen LogP contribution in [0.25, 0.3) is 0 Å². The lowest BCUT2D eigenvalue weighted by molar-refractivity contribution is 0.239. The van der Waals surface area contributed by atoms with Crippen LogP contribution in [0, 0.1) is 0 Å². The maximum Gasteiger partial charge on any atom is 0.120 e. The molecule has 1 atom stereocenters. The molecule has 100 valence electrons. The molecule has 2 N–H and O–H groups in total. The van der Waals surface area contributed by atoms with Crippen molar-refractivity contribution in [1.82, 2.24) is 10.2 Å². The van der Waals surface area contributed by atoms with Gasteiger partial charge in [0, 0.05) is 24.7 Å². The Morgan fingerprint density at radius 2 is 2.33 bits per heavy atom. The highest BCUT2D eigenvalue weighted by atomic mass is 16.5. The SMILES string of the molecule is CNCC1CCCN1Cc1cc(OC)ccc1O. The van der Waals surface area contributed by atoms with Crippen LogP contribution in [0.4, 0.5) is 0 Å². The fourth-order valence-corrected chi connectivity index (χ4v) is 2.60. The Balaban J connectivity index is 2.08. The molecule has 1 aromatic carbocycles.